The first-order valence-corrected chi connectivity index (χ1v) is 7.81. The molecular weight excluding hydrogens is 266 g/mol. The van der Waals surface area contributed by atoms with E-state index in [-0.39, 0.29) is 18.1 Å². The second-order valence-electron chi connectivity index (χ2n) is 5.84. The van der Waals surface area contributed by atoms with E-state index in [4.69, 9.17) is 9.47 Å². The van der Waals surface area contributed by atoms with Crippen LogP contribution in [-0.4, -0.2) is 43.7 Å². The minimum absolute atomic E-state index is 0.0696. The Balaban J connectivity index is 1.75. The fraction of sp³-hybridized carbons (Fsp3) is 0.588. The maximum Gasteiger partial charge on any atom is 0.323 e. The monoisotopic (exact) mass is 289 g/mol. The largest absolute Gasteiger partial charge is 0.468 e. The molecule has 0 bridgehead atoms. The Labute approximate surface area is 126 Å². The summed E-state index contributed by atoms with van der Waals surface area (Å²) in [5.74, 6) is -0.112. The average Bonchev–Trinajstić information content (AvgIpc) is 2.55. The van der Waals surface area contributed by atoms with Crippen molar-refractivity contribution in [2.24, 2.45) is 0 Å². The molecule has 21 heavy (non-hydrogen) atoms. The molecule has 0 spiro atoms. The quantitative estimate of drug-likeness (QED) is 0.801. The summed E-state index contributed by atoms with van der Waals surface area (Å²) in [6.45, 7) is 2.48. The van der Waals surface area contributed by atoms with E-state index >= 15 is 0 Å². The van der Waals surface area contributed by atoms with Crippen LogP contribution in [0.5, 0.6) is 0 Å². The van der Waals surface area contributed by atoms with Crippen molar-refractivity contribution in [1.82, 2.24) is 4.90 Å². The molecule has 114 valence electrons. The fourth-order valence-corrected chi connectivity index (χ4v) is 3.45. The third kappa shape index (κ3) is 3.11. The van der Waals surface area contributed by atoms with Crippen LogP contribution in [-0.2, 0) is 20.7 Å². The molecular formula is C17H23NO3. The molecule has 0 radical (unpaired) electrons. The summed E-state index contributed by atoms with van der Waals surface area (Å²) in [4.78, 5) is 14.2. The molecule has 2 heterocycles. The van der Waals surface area contributed by atoms with Gasteiger partial charge in [0.1, 0.15) is 6.04 Å². The summed E-state index contributed by atoms with van der Waals surface area (Å²) < 4.78 is 10.9. The lowest BCUT2D eigenvalue weighted by Crippen LogP contribution is -2.47. The SMILES string of the molecule is COC(=O)[C@H]1CCCCN1CC1OCCc2ccccc21. The van der Waals surface area contributed by atoms with Crippen LogP contribution < -0.4 is 0 Å². The number of rotatable bonds is 3. The van der Waals surface area contributed by atoms with Gasteiger partial charge < -0.3 is 9.47 Å². The third-order valence-electron chi connectivity index (χ3n) is 4.58. The van der Waals surface area contributed by atoms with Gasteiger partial charge in [0.05, 0.1) is 19.8 Å². The third-order valence-corrected chi connectivity index (χ3v) is 4.58. The smallest absolute Gasteiger partial charge is 0.323 e. The van der Waals surface area contributed by atoms with Crippen LogP contribution >= 0.6 is 0 Å². The second-order valence-corrected chi connectivity index (χ2v) is 5.84. The highest BCUT2D eigenvalue weighted by atomic mass is 16.5. The van der Waals surface area contributed by atoms with Crippen LogP contribution in [0, 0.1) is 0 Å². The van der Waals surface area contributed by atoms with Crippen molar-refractivity contribution in [1.29, 1.82) is 0 Å². The lowest BCUT2D eigenvalue weighted by Gasteiger charge is -2.37. The lowest BCUT2D eigenvalue weighted by molar-refractivity contribution is -0.149. The van der Waals surface area contributed by atoms with Crippen LogP contribution in [0.25, 0.3) is 0 Å². The molecule has 0 N–H and O–H groups in total. The normalized spacial score (nSPS) is 26.1. The van der Waals surface area contributed by atoms with Crippen LogP contribution in [0.1, 0.15) is 36.5 Å². The summed E-state index contributed by atoms with van der Waals surface area (Å²) in [5.41, 5.74) is 2.65. The van der Waals surface area contributed by atoms with Crippen molar-refractivity contribution in [3.8, 4) is 0 Å². The predicted molar refractivity (Wildman–Crippen MR) is 80.1 cm³/mol. The number of likely N-dealkylation sites (tertiary alicyclic amines) is 1. The highest BCUT2D eigenvalue weighted by molar-refractivity contribution is 5.75. The number of nitrogens with zero attached hydrogens (tertiary/aromatic N) is 1. The topological polar surface area (TPSA) is 38.8 Å². The van der Waals surface area contributed by atoms with Gasteiger partial charge in [0, 0.05) is 6.54 Å². The van der Waals surface area contributed by atoms with Crippen molar-refractivity contribution >= 4 is 5.97 Å². The summed E-state index contributed by atoms with van der Waals surface area (Å²) in [7, 11) is 1.47. The summed E-state index contributed by atoms with van der Waals surface area (Å²) in [6.07, 6.45) is 4.18. The first kappa shape index (κ1) is 14.5. The molecule has 1 saturated heterocycles. The molecule has 2 atom stereocenters. The van der Waals surface area contributed by atoms with E-state index in [1.54, 1.807) is 0 Å². The number of fused-ring (bicyclic) bond motifs is 1. The van der Waals surface area contributed by atoms with Gasteiger partial charge in [-0.05, 0) is 36.9 Å². The number of carbonyl (C=O) groups is 1. The number of ether oxygens (including phenoxy) is 2. The van der Waals surface area contributed by atoms with Gasteiger partial charge in [-0.25, -0.2) is 0 Å². The van der Waals surface area contributed by atoms with E-state index in [1.165, 1.54) is 18.2 Å². The van der Waals surface area contributed by atoms with Gasteiger partial charge in [-0.2, -0.15) is 0 Å². The van der Waals surface area contributed by atoms with Crippen molar-refractivity contribution in [3.63, 3.8) is 0 Å². The minimum atomic E-state index is -0.112. The molecule has 2 aliphatic heterocycles. The Hall–Kier alpha value is -1.39. The Bertz CT molecular complexity index is 503. The van der Waals surface area contributed by atoms with Crippen molar-refractivity contribution < 1.29 is 14.3 Å². The molecule has 2 aliphatic rings. The molecule has 0 aliphatic carbocycles. The molecule has 1 aromatic carbocycles. The number of methoxy groups -OCH3 is 1. The molecule has 4 nitrogen and oxygen atoms in total. The standard InChI is InChI=1S/C17H23NO3/c1-20-17(19)15-8-4-5-10-18(15)12-16-14-7-3-2-6-13(14)9-11-21-16/h2-3,6-7,15-16H,4-5,8-12H2,1H3/t15-,16?/m1/s1. The molecule has 3 rings (SSSR count). The summed E-state index contributed by atoms with van der Waals surface area (Å²) in [6, 6.07) is 8.37. The number of hydrogen-bond donors (Lipinski definition) is 0. The number of benzene rings is 1. The number of carbonyl (C=O) groups excluding carboxylic acids is 1. The first-order valence-electron chi connectivity index (χ1n) is 7.81. The minimum Gasteiger partial charge on any atom is -0.468 e. The highest BCUT2D eigenvalue weighted by Crippen LogP contribution is 2.30. The van der Waals surface area contributed by atoms with Crippen LogP contribution in [0.2, 0.25) is 0 Å². The van der Waals surface area contributed by atoms with Gasteiger partial charge in [0.15, 0.2) is 0 Å². The van der Waals surface area contributed by atoms with E-state index in [1.807, 2.05) is 0 Å². The molecule has 1 unspecified atom stereocenters. The van der Waals surface area contributed by atoms with Gasteiger partial charge in [-0.15, -0.1) is 0 Å². The van der Waals surface area contributed by atoms with Gasteiger partial charge in [-0.3, -0.25) is 9.69 Å². The van der Waals surface area contributed by atoms with E-state index in [2.05, 4.69) is 29.2 Å². The van der Waals surface area contributed by atoms with Crippen LogP contribution in [0.4, 0.5) is 0 Å². The first-order chi connectivity index (χ1) is 10.3. The average molecular weight is 289 g/mol. The summed E-state index contributed by atoms with van der Waals surface area (Å²) >= 11 is 0. The van der Waals surface area contributed by atoms with Crippen LogP contribution in [0.15, 0.2) is 24.3 Å². The molecule has 0 saturated carbocycles. The molecule has 0 aromatic heterocycles. The van der Waals surface area contributed by atoms with Gasteiger partial charge >= 0.3 is 5.97 Å². The zero-order valence-electron chi connectivity index (χ0n) is 12.6. The zero-order chi connectivity index (χ0) is 14.7. The summed E-state index contributed by atoms with van der Waals surface area (Å²) in [5, 5.41) is 0. The number of hydrogen-bond acceptors (Lipinski definition) is 4. The number of piperidine rings is 1. The Morgan fingerprint density at radius 1 is 1.38 bits per heavy atom. The predicted octanol–water partition coefficient (Wildman–Crippen LogP) is 2.33. The number of esters is 1. The Kier molecular flexibility index (Phi) is 4.56. The highest BCUT2D eigenvalue weighted by Gasteiger charge is 2.32. The van der Waals surface area contributed by atoms with E-state index in [0.717, 1.165) is 45.4 Å². The molecule has 4 heteroatoms. The van der Waals surface area contributed by atoms with Crippen molar-refractivity contribution in [2.45, 2.75) is 37.8 Å². The maximum atomic E-state index is 12.0. The van der Waals surface area contributed by atoms with E-state index in [9.17, 15) is 4.79 Å². The molecule has 1 aromatic rings. The van der Waals surface area contributed by atoms with Crippen molar-refractivity contribution in [2.75, 3.05) is 26.8 Å². The van der Waals surface area contributed by atoms with Gasteiger partial charge in [-0.1, -0.05) is 30.7 Å². The lowest BCUT2D eigenvalue weighted by atomic mass is 9.95. The molecule has 1 fully saturated rings. The van der Waals surface area contributed by atoms with Gasteiger partial charge in [0.25, 0.3) is 0 Å². The molecule has 0 amide bonds. The maximum absolute atomic E-state index is 12.0. The van der Waals surface area contributed by atoms with E-state index in [0.29, 0.717) is 0 Å². The fourth-order valence-electron chi connectivity index (χ4n) is 3.45. The zero-order valence-corrected chi connectivity index (χ0v) is 12.6. The van der Waals surface area contributed by atoms with Crippen molar-refractivity contribution in [3.05, 3.63) is 35.4 Å². The van der Waals surface area contributed by atoms with Crippen LogP contribution in [0.3, 0.4) is 0 Å². The Morgan fingerprint density at radius 3 is 3.10 bits per heavy atom. The second kappa shape index (κ2) is 6.58. The Morgan fingerprint density at radius 2 is 2.24 bits per heavy atom. The van der Waals surface area contributed by atoms with Gasteiger partial charge in [0.2, 0.25) is 0 Å². The van der Waals surface area contributed by atoms with E-state index < -0.39 is 0 Å².